The number of nitrogens with one attached hydrogen (secondary N) is 1. The van der Waals surface area contributed by atoms with Crippen molar-refractivity contribution in [2.45, 2.75) is 25.3 Å². The lowest BCUT2D eigenvalue weighted by atomic mass is 10.1. The molecule has 5 nitrogen and oxygen atoms in total. The average molecular weight is 260 g/mol. The normalized spacial score (nSPS) is 21.4. The lowest BCUT2D eigenvalue weighted by Crippen LogP contribution is -2.37. The van der Waals surface area contributed by atoms with E-state index in [1.807, 2.05) is 0 Å². The predicted octanol–water partition coefficient (Wildman–Crippen LogP) is 0.778. The maximum Gasteiger partial charge on any atom is 0.254 e. The lowest BCUT2D eigenvalue weighted by Gasteiger charge is -2.23. The first-order valence-corrected chi connectivity index (χ1v) is 6.53. The molecule has 1 atom stereocenters. The van der Waals surface area contributed by atoms with Gasteiger partial charge in [0.25, 0.3) is 5.91 Å². The van der Waals surface area contributed by atoms with Crippen molar-refractivity contribution in [1.29, 1.82) is 0 Å². The summed E-state index contributed by atoms with van der Waals surface area (Å²) in [6.07, 6.45) is 2.12. The van der Waals surface area contributed by atoms with E-state index < -0.39 is 0 Å². The topological polar surface area (TPSA) is 69.6 Å². The molecule has 2 heterocycles. The van der Waals surface area contributed by atoms with Crippen LogP contribution in [0.4, 0.5) is 5.69 Å². The number of nitrogens with zero attached hydrogens (tertiary/aromatic N) is 1. The minimum atomic E-state index is -0.0690. The number of carbonyl (C=O) groups is 2. The molecule has 1 aromatic carbocycles. The third kappa shape index (κ3) is 2.10. The van der Waals surface area contributed by atoms with Crippen LogP contribution in [0.5, 0.6) is 0 Å². The number of rotatable bonds is 2. The molecule has 2 N–H and O–H groups in total. The molecular weight excluding hydrogens is 244 g/mol. The van der Waals surface area contributed by atoms with E-state index in [2.05, 4.69) is 5.32 Å². The fourth-order valence-electron chi connectivity index (χ4n) is 2.82. The SMILES string of the molecule is O=C1Cc2cc(C(=O)N3CCC[C@H]3CO)ccc2N1. The van der Waals surface area contributed by atoms with Gasteiger partial charge in [-0.3, -0.25) is 9.59 Å². The molecule has 2 aliphatic heterocycles. The molecule has 1 saturated heterocycles. The number of hydrogen-bond acceptors (Lipinski definition) is 3. The zero-order chi connectivity index (χ0) is 13.4. The highest BCUT2D eigenvalue weighted by molar-refractivity contribution is 6.01. The standard InChI is InChI=1S/C14H16N2O3/c17-8-11-2-1-5-16(11)14(19)9-3-4-12-10(6-9)7-13(18)15-12/h3-4,6,11,17H,1-2,5,7-8H2,(H,15,18)/t11-/m0/s1. The molecule has 0 aliphatic carbocycles. The molecule has 2 aliphatic rings. The highest BCUT2D eigenvalue weighted by Crippen LogP contribution is 2.26. The molecule has 1 fully saturated rings. The first kappa shape index (κ1) is 12.2. The molecule has 5 heteroatoms. The summed E-state index contributed by atoms with van der Waals surface area (Å²) >= 11 is 0. The van der Waals surface area contributed by atoms with Crippen molar-refractivity contribution < 1.29 is 14.7 Å². The quantitative estimate of drug-likeness (QED) is 0.825. The molecule has 0 unspecified atom stereocenters. The molecule has 0 radical (unpaired) electrons. The molecule has 0 aromatic heterocycles. The molecule has 100 valence electrons. The van der Waals surface area contributed by atoms with Crippen molar-refractivity contribution in [1.82, 2.24) is 4.90 Å². The van der Waals surface area contributed by atoms with E-state index in [-0.39, 0.29) is 24.5 Å². The lowest BCUT2D eigenvalue weighted by molar-refractivity contribution is -0.115. The highest BCUT2D eigenvalue weighted by Gasteiger charge is 2.29. The Morgan fingerprint density at radius 3 is 3.11 bits per heavy atom. The smallest absolute Gasteiger partial charge is 0.254 e. The Bertz CT molecular complexity index is 541. The van der Waals surface area contributed by atoms with Gasteiger partial charge in [-0.25, -0.2) is 0 Å². The van der Waals surface area contributed by atoms with Crippen LogP contribution >= 0.6 is 0 Å². The number of likely N-dealkylation sites (tertiary alicyclic amines) is 1. The zero-order valence-corrected chi connectivity index (χ0v) is 10.6. The molecule has 3 rings (SSSR count). The van der Waals surface area contributed by atoms with Gasteiger partial charge in [0.15, 0.2) is 0 Å². The number of hydrogen-bond donors (Lipinski definition) is 2. The van der Waals surface area contributed by atoms with Crippen molar-refractivity contribution >= 4 is 17.5 Å². The maximum atomic E-state index is 12.4. The third-order valence-electron chi connectivity index (χ3n) is 3.83. The minimum Gasteiger partial charge on any atom is -0.394 e. The van der Waals surface area contributed by atoms with E-state index in [1.165, 1.54) is 0 Å². The maximum absolute atomic E-state index is 12.4. The Kier molecular flexibility index (Phi) is 2.98. The molecule has 1 aromatic rings. The number of fused-ring (bicyclic) bond motifs is 1. The van der Waals surface area contributed by atoms with Gasteiger partial charge < -0.3 is 15.3 Å². The largest absolute Gasteiger partial charge is 0.394 e. The summed E-state index contributed by atoms with van der Waals surface area (Å²) in [5.41, 5.74) is 2.26. The van der Waals surface area contributed by atoms with Crippen LogP contribution in [0, 0.1) is 0 Å². The van der Waals surface area contributed by atoms with Crippen molar-refractivity contribution in [2.75, 3.05) is 18.5 Å². The van der Waals surface area contributed by atoms with Gasteiger partial charge in [-0.2, -0.15) is 0 Å². The fourth-order valence-corrected chi connectivity index (χ4v) is 2.82. The van der Waals surface area contributed by atoms with Gasteiger partial charge in [0.2, 0.25) is 5.91 Å². The monoisotopic (exact) mass is 260 g/mol. The van der Waals surface area contributed by atoms with Crippen molar-refractivity contribution in [3.8, 4) is 0 Å². The van der Waals surface area contributed by atoms with E-state index in [0.29, 0.717) is 18.5 Å². The summed E-state index contributed by atoms with van der Waals surface area (Å²) in [6, 6.07) is 5.22. The third-order valence-corrected chi connectivity index (χ3v) is 3.83. The van der Waals surface area contributed by atoms with Crippen LogP contribution in [0.2, 0.25) is 0 Å². The highest BCUT2D eigenvalue weighted by atomic mass is 16.3. The number of benzene rings is 1. The summed E-state index contributed by atoms with van der Waals surface area (Å²) in [4.78, 5) is 25.4. The van der Waals surface area contributed by atoms with Crippen molar-refractivity contribution in [3.05, 3.63) is 29.3 Å². The second-order valence-corrected chi connectivity index (χ2v) is 5.07. The number of anilines is 1. The Hall–Kier alpha value is -1.88. The van der Waals surface area contributed by atoms with Crippen molar-refractivity contribution in [2.24, 2.45) is 0 Å². The van der Waals surface area contributed by atoms with Gasteiger partial charge in [0.1, 0.15) is 0 Å². The van der Waals surface area contributed by atoms with Gasteiger partial charge in [-0.1, -0.05) is 0 Å². The molecule has 0 spiro atoms. The summed E-state index contributed by atoms with van der Waals surface area (Å²) in [5.74, 6) is -0.0901. The van der Waals surface area contributed by atoms with Crippen LogP contribution < -0.4 is 5.32 Å². The van der Waals surface area contributed by atoms with Gasteiger partial charge in [0.05, 0.1) is 19.1 Å². The minimum absolute atomic E-state index is 0.0106. The van der Waals surface area contributed by atoms with E-state index in [9.17, 15) is 14.7 Å². The first-order valence-electron chi connectivity index (χ1n) is 6.53. The molecular formula is C14H16N2O3. The predicted molar refractivity (Wildman–Crippen MR) is 69.9 cm³/mol. The van der Waals surface area contributed by atoms with Crippen LogP contribution in [0.3, 0.4) is 0 Å². The molecule has 0 saturated carbocycles. The second kappa shape index (κ2) is 4.66. The van der Waals surface area contributed by atoms with Crippen LogP contribution in [-0.4, -0.2) is 41.0 Å². The summed E-state index contributed by atoms with van der Waals surface area (Å²) < 4.78 is 0. The summed E-state index contributed by atoms with van der Waals surface area (Å²) in [6.45, 7) is 0.703. The van der Waals surface area contributed by atoms with E-state index in [1.54, 1.807) is 23.1 Å². The summed E-state index contributed by atoms with van der Waals surface area (Å²) in [7, 11) is 0. The molecule has 19 heavy (non-hydrogen) atoms. The second-order valence-electron chi connectivity index (χ2n) is 5.07. The van der Waals surface area contributed by atoms with Crippen molar-refractivity contribution in [3.63, 3.8) is 0 Å². The van der Waals surface area contributed by atoms with Crippen LogP contribution in [-0.2, 0) is 11.2 Å². The van der Waals surface area contributed by atoms with Crippen LogP contribution in [0.15, 0.2) is 18.2 Å². The Labute approximate surface area is 111 Å². The van der Waals surface area contributed by atoms with Crippen LogP contribution in [0.25, 0.3) is 0 Å². The van der Waals surface area contributed by atoms with Gasteiger partial charge in [0, 0.05) is 17.8 Å². The average Bonchev–Trinajstić information content (AvgIpc) is 3.01. The zero-order valence-electron chi connectivity index (χ0n) is 10.6. The van der Waals surface area contributed by atoms with E-state index >= 15 is 0 Å². The Morgan fingerprint density at radius 2 is 2.32 bits per heavy atom. The number of aliphatic hydroxyl groups is 1. The van der Waals surface area contributed by atoms with Gasteiger partial charge in [-0.15, -0.1) is 0 Å². The van der Waals surface area contributed by atoms with Crippen LogP contribution in [0.1, 0.15) is 28.8 Å². The van der Waals surface area contributed by atoms with E-state index in [0.717, 1.165) is 24.1 Å². The van der Waals surface area contributed by atoms with E-state index in [4.69, 9.17) is 0 Å². The number of carbonyl (C=O) groups excluding carboxylic acids is 2. The van der Waals surface area contributed by atoms with Gasteiger partial charge in [-0.05, 0) is 36.6 Å². The summed E-state index contributed by atoms with van der Waals surface area (Å²) in [5, 5.41) is 12.0. The molecule has 2 amide bonds. The first-order chi connectivity index (χ1) is 9.19. The Balaban J connectivity index is 1.85. The van der Waals surface area contributed by atoms with Gasteiger partial charge >= 0.3 is 0 Å². The molecule has 0 bridgehead atoms. The fraction of sp³-hybridized carbons (Fsp3) is 0.429. The number of aliphatic hydroxyl groups excluding tert-OH is 1. The number of amides is 2. The Morgan fingerprint density at radius 1 is 1.47 bits per heavy atom.